The van der Waals surface area contributed by atoms with Crippen LogP contribution in [0, 0.1) is 5.92 Å². The second-order valence-corrected chi connectivity index (χ2v) is 6.51. The monoisotopic (exact) mass is 333 g/mol. The van der Waals surface area contributed by atoms with E-state index in [0.717, 1.165) is 10.6 Å². The van der Waals surface area contributed by atoms with E-state index in [4.69, 9.17) is 5.11 Å². The van der Waals surface area contributed by atoms with Crippen molar-refractivity contribution in [3.05, 3.63) is 35.6 Å². The first kappa shape index (κ1) is 17.1. The van der Waals surface area contributed by atoms with Gasteiger partial charge < -0.3 is 10.4 Å². The summed E-state index contributed by atoms with van der Waals surface area (Å²) >= 11 is 1.43. The summed E-state index contributed by atoms with van der Waals surface area (Å²) in [5.74, 6) is -1.16. The van der Waals surface area contributed by atoms with Crippen molar-refractivity contribution >= 4 is 23.2 Å². The molecular weight excluding hydrogens is 314 g/mol. The lowest BCUT2D eigenvalue weighted by atomic mass is 10.0. The van der Waals surface area contributed by atoms with Crippen molar-refractivity contribution in [3.8, 4) is 10.6 Å². The Morgan fingerprint density at radius 1 is 1.39 bits per heavy atom. The first-order valence-electron chi connectivity index (χ1n) is 7.32. The molecule has 2 aromatic rings. The second kappa shape index (κ2) is 7.82. The Hall–Kier alpha value is -2.28. The SMILES string of the molecule is CC(C)CC(NC(=O)Cc1csc(-c2cccnc2)n1)C(=O)O. The van der Waals surface area contributed by atoms with Gasteiger partial charge in [-0.2, -0.15) is 0 Å². The highest BCUT2D eigenvalue weighted by molar-refractivity contribution is 7.13. The van der Waals surface area contributed by atoms with Crippen molar-refractivity contribution in [3.63, 3.8) is 0 Å². The van der Waals surface area contributed by atoms with Gasteiger partial charge in [-0.1, -0.05) is 13.8 Å². The first-order valence-corrected chi connectivity index (χ1v) is 8.20. The number of thiazole rings is 1. The summed E-state index contributed by atoms with van der Waals surface area (Å²) in [6, 6.07) is 2.87. The lowest BCUT2D eigenvalue weighted by Gasteiger charge is -2.16. The summed E-state index contributed by atoms with van der Waals surface area (Å²) in [6.07, 6.45) is 3.87. The van der Waals surface area contributed by atoms with Gasteiger partial charge in [0.15, 0.2) is 0 Å². The summed E-state index contributed by atoms with van der Waals surface area (Å²) in [7, 11) is 0. The second-order valence-electron chi connectivity index (χ2n) is 5.65. The molecule has 0 aliphatic carbocycles. The molecule has 2 rings (SSSR count). The van der Waals surface area contributed by atoms with Crippen LogP contribution in [-0.4, -0.2) is 33.0 Å². The van der Waals surface area contributed by atoms with Crippen LogP contribution in [0.4, 0.5) is 0 Å². The average molecular weight is 333 g/mol. The number of hydrogen-bond donors (Lipinski definition) is 2. The quantitative estimate of drug-likeness (QED) is 0.811. The normalized spacial score (nSPS) is 12.1. The largest absolute Gasteiger partial charge is 0.480 e. The van der Waals surface area contributed by atoms with Gasteiger partial charge in [0.05, 0.1) is 12.1 Å². The fraction of sp³-hybridized carbons (Fsp3) is 0.375. The first-order chi connectivity index (χ1) is 11.0. The van der Waals surface area contributed by atoms with Gasteiger partial charge in [0.25, 0.3) is 0 Å². The predicted octanol–water partition coefficient (Wildman–Crippen LogP) is 2.36. The smallest absolute Gasteiger partial charge is 0.326 e. The van der Waals surface area contributed by atoms with Crippen LogP contribution < -0.4 is 5.32 Å². The van der Waals surface area contributed by atoms with Gasteiger partial charge in [-0.05, 0) is 24.5 Å². The Balaban J connectivity index is 1.98. The topological polar surface area (TPSA) is 92.2 Å². The highest BCUT2D eigenvalue weighted by atomic mass is 32.1. The number of amides is 1. The van der Waals surface area contributed by atoms with Crippen molar-refractivity contribution in [2.75, 3.05) is 0 Å². The minimum atomic E-state index is -1.01. The molecule has 0 aliphatic heterocycles. The summed E-state index contributed by atoms with van der Waals surface area (Å²) in [5.41, 5.74) is 1.52. The number of pyridine rings is 1. The third-order valence-corrected chi connectivity index (χ3v) is 4.08. The molecule has 0 aromatic carbocycles. The molecule has 0 saturated heterocycles. The molecule has 0 fully saturated rings. The number of aliphatic carboxylic acids is 1. The summed E-state index contributed by atoms with van der Waals surface area (Å²) < 4.78 is 0. The van der Waals surface area contributed by atoms with E-state index < -0.39 is 12.0 Å². The summed E-state index contributed by atoms with van der Waals surface area (Å²) in [5, 5.41) is 14.3. The number of hydrogen-bond acceptors (Lipinski definition) is 5. The van der Waals surface area contributed by atoms with E-state index in [2.05, 4.69) is 15.3 Å². The van der Waals surface area contributed by atoms with E-state index >= 15 is 0 Å². The van der Waals surface area contributed by atoms with Gasteiger partial charge in [0.1, 0.15) is 11.0 Å². The average Bonchev–Trinajstić information content (AvgIpc) is 2.95. The highest BCUT2D eigenvalue weighted by Crippen LogP contribution is 2.22. The lowest BCUT2D eigenvalue weighted by Crippen LogP contribution is -2.42. The van der Waals surface area contributed by atoms with E-state index in [9.17, 15) is 9.59 Å². The van der Waals surface area contributed by atoms with E-state index in [-0.39, 0.29) is 18.2 Å². The van der Waals surface area contributed by atoms with Crippen LogP contribution in [0.3, 0.4) is 0 Å². The number of rotatable bonds is 7. The fourth-order valence-corrected chi connectivity index (χ4v) is 2.92. The molecule has 2 heterocycles. The fourth-order valence-electron chi connectivity index (χ4n) is 2.11. The van der Waals surface area contributed by atoms with Crippen LogP contribution in [-0.2, 0) is 16.0 Å². The minimum absolute atomic E-state index is 0.0681. The molecule has 2 aromatic heterocycles. The van der Waals surface area contributed by atoms with Crippen molar-refractivity contribution in [1.82, 2.24) is 15.3 Å². The Kier molecular flexibility index (Phi) is 5.81. The zero-order valence-corrected chi connectivity index (χ0v) is 13.8. The highest BCUT2D eigenvalue weighted by Gasteiger charge is 2.21. The Morgan fingerprint density at radius 3 is 2.78 bits per heavy atom. The van der Waals surface area contributed by atoms with Crippen molar-refractivity contribution < 1.29 is 14.7 Å². The zero-order valence-electron chi connectivity index (χ0n) is 13.0. The van der Waals surface area contributed by atoms with Crippen molar-refractivity contribution in [1.29, 1.82) is 0 Å². The molecule has 0 radical (unpaired) electrons. The molecule has 1 unspecified atom stereocenters. The van der Waals surface area contributed by atoms with Crippen LogP contribution >= 0.6 is 11.3 Å². The van der Waals surface area contributed by atoms with Crippen LogP contribution in [0.25, 0.3) is 10.6 Å². The molecule has 1 amide bonds. The Bertz CT molecular complexity index is 670. The maximum atomic E-state index is 12.0. The van der Waals surface area contributed by atoms with Gasteiger partial charge >= 0.3 is 5.97 Å². The summed E-state index contributed by atoms with van der Waals surface area (Å²) in [4.78, 5) is 31.7. The molecule has 1 atom stereocenters. The van der Waals surface area contributed by atoms with Gasteiger partial charge in [0.2, 0.25) is 5.91 Å². The van der Waals surface area contributed by atoms with Crippen LogP contribution in [0.5, 0.6) is 0 Å². The molecular formula is C16H19N3O3S. The van der Waals surface area contributed by atoms with Crippen LogP contribution in [0.1, 0.15) is 26.0 Å². The van der Waals surface area contributed by atoms with Crippen LogP contribution in [0.15, 0.2) is 29.9 Å². The van der Waals surface area contributed by atoms with E-state index in [0.29, 0.717) is 12.1 Å². The molecule has 23 heavy (non-hydrogen) atoms. The number of carboxylic acid groups (broad SMARTS) is 1. The molecule has 0 bridgehead atoms. The predicted molar refractivity (Wildman–Crippen MR) is 88.1 cm³/mol. The number of carbonyl (C=O) groups is 2. The third kappa shape index (κ3) is 5.14. The maximum Gasteiger partial charge on any atom is 0.326 e. The molecule has 2 N–H and O–H groups in total. The van der Waals surface area contributed by atoms with Gasteiger partial charge in [0, 0.05) is 23.3 Å². The maximum absolute atomic E-state index is 12.0. The van der Waals surface area contributed by atoms with Crippen LogP contribution in [0.2, 0.25) is 0 Å². The molecule has 0 aliphatic rings. The van der Waals surface area contributed by atoms with E-state index in [1.165, 1.54) is 11.3 Å². The number of nitrogens with zero attached hydrogens (tertiary/aromatic N) is 2. The Labute approximate surface area is 138 Å². The van der Waals surface area contributed by atoms with E-state index in [1.54, 1.807) is 17.8 Å². The molecule has 0 saturated carbocycles. The third-order valence-electron chi connectivity index (χ3n) is 3.14. The summed E-state index contributed by atoms with van der Waals surface area (Å²) in [6.45, 7) is 3.84. The van der Waals surface area contributed by atoms with Gasteiger partial charge in [-0.15, -0.1) is 11.3 Å². The van der Waals surface area contributed by atoms with E-state index in [1.807, 2.05) is 26.0 Å². The minimum Gasteiger partial charge on any atom is -0.480 e. The number of carbonyl (C=O) groups excluding carboxylic acids is 1. The molecule has 0 spiro atoms. The molecule has 7 heteroatoms. The Morgan fingerprint density at radius 2 is 2.17 bits per heavy atom. The number of nitrogens with one attached hydrogen (secondary N) is 1. The standard InChI is InChI=1S/C16H19N3O3S/c1-10(2)6-13(16(21)22)19-14(20)7-12-9-23-15(18-12)11-4-3-5-17-8-11/h3-5,8-10,13H,6-7H2,1-2H3,(H,19,20)(H,21,22). The van der Waals surface area contributed by atoms with Crippen molar-refractivity contribution in [2.24, 2.45) is 5.92 Å². The number of aromatic nitrogens is 2. The molecule has 122 valence electrons. The lowest BCUT2D eigenvalue weighted by molar-refractivity contribution is -0.142. The van der Waals surface area contributed by atoms with Crippen molar-refractivity contribution in [2.45, 2.75) is 32.7 Å². The zero-order chi connectivity index (χ0) is 16.8. The van der Waals surface area contributed by atoms with Gasteiger partial charge in [-0.3, -0.25) is 9.78 Å². The van der Waals surface area contributed by atoms with Gasteiger partial charge in [-0.25, -0.2) is 9.78 Å². The number of carboxylic acids is 1. The molecule has 6 nitrogen and oxygen atoms in total.